The topological polar surface area (TPSA) is 45.8 Å². The number of allylic oxidation sites excluding steroid dienone is 1. The van der Waals surface area contributed by atoms with Gasteiger partial charge in [-0.1, -0.05) is 58.5 Å². The Morgan fingerprint density at radius 2 is 1.71 bits per heavy atom. The molecule has 2 aromatic carbocycles. The van der Waals surface area contributed by atoms with Crippen LogP contribution in [-0.4, -0.2) is 4.57 Å². The van der Waals surface area contributed by atoms with Gasteiger partial charge in [-0.3, -0.25) is 4.79 Å². The van der Waals surface area contributed by atoms with Crippen LogP contribution in [0.2, 0.25) is 20.1 Å². The molecule has 4 rings (SSSR count). The average molecular weight is 576 g/mol. The molecule has 0 aliphatic carbocycles. The largest absolute Gasteiger partial charge is 0.417 e. The van der Waals surface area contributed by atoms with Crippen molar-refractivity contribution in [1.29, 1.82) is 5.26 Å². The lowest BCUT2D eigenvalue weighted by atomic mass is 10.0. The molecule has 0 radical (unpaired) electrons. The monoisotopic (exact) mass is 574 g/mol. The maximum absolute atomic E-state index is 13.8. The fourth-order valence-corrected chi connectivity index (χ4v) is 6.03. The van der Waals surface area contributed by atoms with Crippen molar-refractivity contribution in [1.82, 2.24) is 4.57 Å². The Bertz CT molecular complexity index is 1440. The van der Waals surface area contributed by atoms with E-state index in [-0.39, 0.29) is 17.3 Å². The Hall–Kier alpha value is -2.08. The van der Waals surface area contributed by atoms with Gasteiger partial charge in [0.25, 0.3) is 5.56 Å². The first kappa shape index (κ1) is 26.0. The zero-order valence-electron chi connectivity index (χ0n) is 17.5. The summed E-state index contributed by atoms with van der Waals surface area (Å²) in [5.41, 5.74) is -1.96. The molecule has 180 valence electrons. The van der Waals surface area contributed by atoms with E-state index in [1.54, 1.807) is 30.3 Å². The third-order valence-corrected chi connectivity index (χ3v) is 7.75. The summed E-state index contributed by atoms with van der Waals surface area (Å²) in [6.45, 7) is -0.133. The van der Waals surface area contributed by atoms with Gasteiger partial charge in [-0.15, -0.1) is 11.8 Å². The van der Waals surface area contributed by atoms with Crippen LogP contribution in [0, 0.1) is 11.3 Å². The van der Waals surface area contributed by atoms with Crippen molar-refractivity contribution >= 4 is 63.1 Å². The lowest BCUT2D eigenvalue weighted by molar-refractivity contribution is -0.138. The van der Waals surface area contributed by atoms with Gasteiger partial charge >= 0.3 is 6.18 Å². The second-order valence-corrected chi connectivity index (χ2v) is 10.6. The summed E-state index contributed by atoms with van der Waals surface area (Å²) in [5, 5.41) is 10.3. The fourth-order valence-electron chi connectivity index (χ4n) is 3.77. The summed E-state index contributed by atoms with van der Waals surface area (Å²) in [4.78, 5) is 13.9. The van der Waals surface area contributed by atoms with Crippen molar-refractivity contribution in [3.8, 4) is 6.07 Å². The number of pyridine rings is 1. The molecule has 0 amide bonds. The number of nitriles is 1. The van der Waals surface area contributed by atoms with E-state index in [4.69, 9.17) is 46.4 Å². The number of hydrogen-bond donors (Lipinski definition) is 0. The molecule has 0 N–H and O–H groups in total. The Morgan fingerprint density at radius 3 is 2.31 bits per heavy atom. The summed E-state index contributed by atoms with van der Waals surface area (Å²) >= 11 is 25.7. The molecule has 1 aliphatic rings. The highest BCUT2D eigenvalue weighted by molar-refractivity contribution is 8.08. The van der Waals surface area contributed by atoms with Crippen LogP contribution in [0.15, 0.2) is 53.3 Å². The first-order chi connectivity index (χ1) is 16.5. The van der Waals surface area contributed by atoms with Gasteiger partial charge in [0.05, 0.1) is 17.4 Å². The van der Waals surface area contributed by atoms with E-state index in [1.165, 1.54) is 28.5 Å². The maximum atomic E-state index is 13.8. The van der Waals surface area contributed by atoms with Crippen molar-refractivity contribution in [3.05, 3.63) is 107 Å². The molecule has 3 aromatic rings. The second-order valence-electron chi connectivity index (χ2n) is 7.66. The van der Waals surface area contributed by atoms with Crippen molar-refractivity contribution in [2.45, 2.75) is 24.4 Å². The second kappa shape index (κ2) is 10.1. The number of nitrogens with zero attached hydrogens (tertiary/aromatic N) is 2. The quantitative estimate of drug-likeness (QED) is 0.313. The lowest BCUT2D eigenvalue weighted by Crippen LogP contribution is -2.30. The molecule has 1 unspecified atom stereocenters. The van der Waals surface area contributed by atoms with Crippen LogP contribution >= 0.6 is 58.2 Å². The van der Waals surface area contributed by atoms with Gasteiger partial charge in [0.2, 0.25) is 0 Å². The average Bonchev–Trinajstić information content (AvgIpc) is 3.25. The van der Waals surface area contributed by atoms with E-state index in [0.717, 1.165) is 11.0 Å². The minimum Gasteiger partial charge on any atom is -0.306 e. The third-order valence-electron chi connectivity index (χ3n) is 5.36. The van der Waals surface area contributed by atoms with E-state index in [9.17, 15) is 23.2 Å². The van der Waals surface area contributed by atoms with Gasteiger partial charge in [-0.05, 0) is 53.9 Å². The van der Waals surface area contributed by atoms with E-state index in [1.807, 2.05) is 6.08 Å². The summed E-state index contributed by atoms with van der Waals surface area (Å²) < 4.78 is 42.6. The SMILES string of the molecule is N#Cc1c(C(F)(F)F)cc(C2CC=C(c3cc(Cl)cc(Cl)c3)S2)n(Cc2ccc(Cl)cc2Cl)c1=O. The van der Waals surface area contributed by atoms with Crippen LogP contribution in [-0.2, 0) is 12.7 Å². The molecule has 0 saturated heterocycles. The van der Waals surface area contributed by atoms with Crippen LogP contribution in [0.4, 0.5) is 13.2 Å². The number of halogens is 7. The van der Waals surface area contributed by atoms with E-state index < -0.39 is 28.1 Å². The smallest absolute Gasteiger partial charge is 0.306 e. The number of benzene rings is 2. The third kappa shape index (κ3) is 5.52. The zero-order valence-corrected chi connectivity index (χ0v) is 21.3. The summed E-state index contributed by atoms with van der Waals surface area (Å²) in [7, 11) is 0. The van der Waals surface area contributed by atoms with Crippen LogP contribution in [0.1, 0.15) is 39.6 Å². The minimum atomic E-state index is -4.88. The number of alkyl halides is 3. The van der Waals surface area contributed by atoms with E-state index >= 15 is 0 Å². The Labute approximate surface area is 222 Å². The van der Waals surface area contributed by atoms with Gasteiger partial charge in [0.15, 0.2) is 0 Å². The van der Waals surface area contributed by atoms with Crippen molar-refractivity contribution in [2.24, 2.45) is 0 Å². The normalized spacial score (nSPS) is 15.7. The van der Waals surface area contributed by atoms with Gasteiger partial charge in [-0.25, -0.2) is 0 Å². The van der Waals surface area contributed by atoms with Gasteiger partial charge in [-0.2, -0.15) is 18.4 Å². The fraction of sp³-hybridized carbons (Fsp3) is 0.167. The Kier molecular flexibility index (Phi) is 7.51. The van der Waals surface area contributed by atoms with E-state index in [0.29, 0.717) is 32.6 Å². The van der Waals surface area contributed by atoms with Crippen LogP contribution in [0.25, 0.3) is 4.91 Å². The standard InChI is InChI=1S/C24H13Cl4F3N2OS/c25-14-2-1-12(19(28)8-14)11-33-20(9-18(24(29,30)31)17(10-32)23(33)34)22-4-3-21(35-22)13-5-15(26)7-16(27)6-13/h1-3,5-9,22H,4,11H2. The molecule has 3 nitrogen and oxygen atoms in total. The van der Waals surface area contributed by atoms with Gasteiger partial charge in [0.1, 0.15) is 11.6 Å². The highest BCUT2D eigenvalue weighted by Gasteiger charge is 2.38. The molecule has 0 fully saturated rings. The predicted octanol–water partition coefficient (Wildman–Crippen LogP) is 8.62. The summed E-state index contributed by atoms with van der Waals surface area (Å²) in [6.07, 6.45) is -2.68. The molecule has 11 heteroatoms. The Morgan fingerprint density at radius 1 is 1.03 bits per heavy atom. The van der Waals surface area contributed by atoms with Gasteiger partial charge in [0, 0.05) is 30.7 Å². The molecule has 1 aliphatic heterocycles. The molecule has 2 heterocycles. The summed E-state index contributed by atoms with van der Waals surface area (Å²) in [5.74, 6) is 0. The highest BCUT2D eigenvalue weighted by Crippen LogP contribution is 2.49. The van der Waals surface area contributed by atoms with Crippen LogP contribution in [0.5, 0.6) is 0 Å². The molecule has 0 spiro atoms. The molecule has 1 aromatic heterocycles. The van der Waals surface area contributed by atoms with Gasteiger partial charge < -0.3 is 4.57 Å². The molecular weight excluding hydrogens is 563 g/mol. The number of rotatable bonds is 4. The molecule has 35 heavy (non-hydrogen) atoms. The molecule has 0 saturated carbocycles. The molecule has 0 bridgehead atoms. The minimum absolute atomic E-state index is 0.122. The summed E-state index contributed by atoms with van der Waals surface area (Å²) in [6, 6.07) is 11.9. The number of aromatic nitrogens is 1. The number of thioether (sulfide) groups is 1. The van der Waals surface area contributed by atoms with Crippen molar-refractivity contribution < 1.29 is 13.2 Å². The first-order valence-electron chi connectivity index (χ1n) is 10.00. The molecule has 1 atom stereocenters. The highest BCUT2D eigenvalue weighted by atomic mass is 35.5. The van der Waals surface area contributed by atoms with Crippen molar-refractivity contribution in [3.63, 3.8) is 0 Å². The maximum Gasteiger partial charge on any atom is 0.417 e. The van der Waals surface area contributed by atoms with E-state index in [2.05, 4.69) is 0 Å². The molecular formula is C24H13Cl4F3N2OS. The predicted molar refractivity (Wildman–Crippen MR) is 135 cm³/mol. The Balaban J connectivity index is 1.82. The zero-order chi connectivity index (χ0) is 25.5. The van der Waals surface area contributed by atoms with Crippen molar-refractivity contribution in [2.75, 3.05) is 0 Å². The number of hydrogen-bond acceptors (Lipinski definition) is 3. The van der Waals surface area contributed by atoms with Crippen LogP contribution < -0.4 is 5.56 Å². The first-order valence-corrected chi connectivity index (χ1v) is 12.4. The van der Waals surface area contributed by atoms with Crippen LogP contribution in [0.3, 0.4) is 0 Å². The lowest BCUT2D eigenvalue weighted by Gasteiger charge is -2.21.